The Morgan fingerprint density at radius 3 is 1.63 bits per heavy atom. The quantitative estimate of drug-likeness (QED) is 0.231. The number of benzene rings is 6. The first-order valence-corrected chi connectivity index (χ1v) is 12.8. The van der Waals surface area contributed by atoms with E-state index in [9.17, 15) is 0 Å². The normalized spacial score (nSPS) is 13.4. The van der Waals surface area contributed by atoms with Crippen molar-refractivity contribution in [2.24, 2.45) is 0 Å². The van der Waals surface area contributed by atoms with E-state index in [1.165, 1.54) is 91.4 Å². The fraction of sp³-hybridized carbons (Fsp3) is 0.143. The van der Waals surface area contributed by atoms with Gasteiger partial charge in [-0.2, -0.15) is 0 Å². The van der Waals surface area contributed by atoms with E-state index in [-0.39, 0.29) is 0 Å². The molecular weight excluding hydrogens is 420 g/mol. The van der Waals surface area contributed by atoms with E-state index in [0.717, 1.165) is 0 Å². The third kappa shape index (κ3) is 3.13. The monoisotopic (exact) mass is 448 g/mol. The van der Waals surface area contributed by atoms with Gasteiger partial charge >= 0.3 is 0 Å². The Bertz CT molecular complexity index is 1700. The average Bonchev–Trinajstić information content (AvgIpc) is 2.92. The number of aryl methyl sites for hydroxylation is 2. The first kappa shape index (κ1) is 20.5. The van der Waals surface area contributed by atoms with Crippen LogP contribution in [-0.4, -0.2) is 0 Å². The molecular formula is C35H28. The zero-order valence-corrected chi connectivity index (χ0v) is 20.1. The Morgan fingerprint density at radius 2 is 0.971 bits per heavy atom. The van der Waals surface area contributed by atoms with E-state index in [0.29, 0.717) is 0 Å². The molecule has 0 aromatic heterocycles. The van der Waals surface area contributed by atoms with Gasteiger partial charge in [-0.05, 0) is 104 Å². The van der Waals surface area contributed by atoms with Crippen molar-refractivity contribution in [2.45, 2.75) is 32.6 Å². The highest BCUT2D eigenvalue weighted by molar-refractivity contribution is 6.23. The van der Waals surface area contributed by atoms with Crippen LogP contribution in [0.25, 0.3) is 54.6 Å². The van der Waals surface area contributed by atoms with Crippen LogP contribution in [-0.2, 0) is 12.8 Å². The highest BCUT2D eigenvalue weighted by Crippen LogP contribution is 2.46. The minimum Gasteiger partial charge on any atom is -0.0616 e. The second kappa shape index (κ2) is 8.10. The summed E-state index contributed by atoms with van der Waals surface area (Å²) in [6.07, 6.45) is 4.97. The summed E-state index contributed by atoms with van der Waals surface area (Å²) in [6.45, 7) is 2.21. The van der Waals surface area contributed by atoms with Crippen molar-refractivity contribution in [2.75, 3.05) is 0 Å². The smallest absolute Gasteiger partial charge is 0.00201 e. The van der Waals surface area contributed by atoms with Crippen LogP contribution in [0.2, 0.25) is 0 Å². The summed E-state index contributed by atoms with van der Waals surface area (Å²) in [5, 5.41) is 8.04. The maximum Gasteiger partial charge on any atom is -0.00201 e. The summed E-state index contributed by atoms with van der Waals surface area (Å²) in [5.41, 5.74) is 9.91. The van der Waals surface area contributed by atoms with E-state index in [1.54, 1.807) is 5.56 Å². The summed E-state index contributed by atoms with van der Waals surface area (Å²) >= 11 is 0. The third-order valence-corrected chi connectivity index (χ3v) is 8.01. The Balaban J connectivity index is 1.66. The summed E-state index contributed by atoms with van der Waals surface area (Å²) in [4.78, 5) is 0. The third-order valence-electron chi connectivity index (χ3n) is 8.01. The molecule has 0 radical (unpaired) electrons. The summed E-state index contributed by atoms with van der Waals surface area (Å²) in [7, 11) is 0. The molecule has 168 valence electrons. The standard InChI is InChI=1S/C35H28/c1-23-21-22-33(27-15-5-4-13-25(23)27)35-31-18-8-6-16-29(31)34(30-17-7-9-19-32(30)35)28-20-10-12-24-11-2-3-14-26(24)28/h4-10,12-13,15-22H,2-3,11,14H2,1H3. The molecule has 0 saturated heterocycles. The Morgan fingerprint density at radius 1 is 0.429 bits per heavy atom. The van der Waals surface area contributed by atoms with Gasteiger partial charge in [0.25, 0.3) is 0 Å². The van der Waals surface area contributed by atoms with Gasteiger partial charge in [-0.25, -0.2) is 0 Å². The van der Waals surface area contributed by atoms with Crippen molar-refractivity contribution < 1.29 is 0 Å². The van der Waals surface area contributed by atoms with Crippen LogP contribution in [0, 0.1) is 6.92 Å². The lowest BCUT2D eigenvalue weighted by Gasteiger charge is -2.23. The summed E-state index contributed by atoms with van der Waals surface area (Å²) in [5.74, 6) is 0. The lowest BCUT2D eigenvalue weighted by molar-refractivity contribution is 0.687. The maximum absolute atomic E-state index is 2.36. The van der Waals surface area contributed by atoms with Gasteiger partial charge in [-0.15, -0.1) is 0 Å². The highest BCUT2D eigenvalue weighted by atomic mass is 14.2. The molecule has 0 aliphatic heterocycles. The van der Waals surface area contributed by atoms with Crippen molar-refractivity contribution in [3.63, 3.8) is 0 Å². The number of rotatable bonds is 2. The van der Waals surface area contributed by atoms with Gasteiger partial charge in [0.15, 0.2) is 0 Å². The molecule has 6 aromatic carbocycles. The van der Waals surface area contributed by atoms with Crippen LogP contribution >= 0.6 is 0 Å². The Labute approximate surface area is 206 Å². The number of hydrogen-bond acceptors (Lipinski definition) is 0. The van der Waals surface area contributed by atoms with Gasteiger partial charge in [-0.3, -0.25) is 0 Å². The van der Waals surface area contributed by atoms with Gasteiger partial charge < -0.3 is 0 Å². The van der Waals surface area contributed by atoms with Gasteiger partial charge in [0.1, 0.15) is 0 Å². The second-order valence-corrected chi connectivity index (χ2v) is 9.97. The SMILES string of the molecule is Cc1ccc(-c2c3ccccc3c(-c3cccc4c3CCCC4)c3ccccc23)c2ccccc12. The molecule has 0 amide bonds. The molecule has 0 bridgehead atoms. The minimum absolute atomic E-state index is 1.18. The molecule has 1 aliphatic carbocycles. The molecule has 35 heavy (non-hydrogen) atoms. The summed E-state index contributed by atoms with van der Waals surface area (Å²) in [6, 6.07) is 38.5. The van der Waals surface area contributed by atoms with E-state index in [1.807, 2.05) is 0 Å². The molecule has 0 atom stereocenters. The lowest BCUT2D eigenvalue weighted by atomic mass is 9.80. The van der Waals surface area contributed by atoms with Gasteiger partial charge in [-0.1, -0.05) is 103 Å². The molecule has 6 aromatic rings. The minimum atomic E-state index is 1.18. The predicted octanol–water partition coefficient (Wildman–Crippen LogP) is 9.67. The molecule has 0 unspecified atom stereocenters. The molecule has 0 spiro atoms. The van der Waals surface area contributed by atoms with Crippen molar-refractivity contribution in [1.82, 2.24) is 0 Å². The first-order valence-electron chi connectivity index (χ1n) is 12.8. The van der Waals surface area contributed by atoms with E-state index in [2.05, 4.69) is 110 Å². The lowest BCUT2D eigenvalue weighted by Crippen LogP contribution is -2.04. The molecule has 0 N–H and O–H groups in total. The molecule has 1 aliphatic rings. The maximum atomic E-state index is 2.36. The van der Waals surface area contributed by atoms with Crippen molar-refractivity contribution in [1.29, 1.82) is 0 Å². The molecule has 0 saturated carbocycles. The van der Waals surface area contributed by atoms with Crippen LogP contribution in [0.1, 0.15) is 29.5 Å². The summed E-state index contributed by atoms with van der Waals surface area (Å²) < 4.78 is 0. The van der Waals surface area contributed by atoms with Crippen molar-refractivity contribution in [3.05, 3.63) is 120 Å². The molecule has 0 heteroatoms. The molecule has 7 rings (SSSR count). The van der Waals surface area contributed by atoms with E-state index < -0.39 is 0 Å². The zero-order valence-electron chi connectivity index (χ0n) is 20.1. The van der Waals surface area contributed by atoms with Crippen molar-refractivity contribution >= 4 is 32.3 Å². The van der Waals surface area contributed by atoms with Gasteiger partial charge in [0.2, 0.25) is 0 Å². The topological polar surface area (TPSA) is 0 Å². The predicted molar refractivity (Wildman–Crippen MR) is 151 cm³/mol. The average molecular weight is 449 g/mol. The molecule has 0 fully saturated rings. The van der Waals surface area contributed by atoms with Gasteiger partial charge in [0.05, 0.1) is 0 Å². The Kier molecular flexibility index (Phi) is 4.74. The van der Waals surface area contributed by atoms with Crippen LogP contribution in [0.4, 0.5) is 0 Å². The largest absolute Gasteiger partial charge is 0.0616 e. The van der Waals surface area contributed by atoms with E-state index in [4.69, 9.17) is 0 Å². The Hall–Kier alpha value is -3.90. The number of hydrogen-bond donors (Lipinski definition) is 0. The van der Waals surface area contributed by atoms with E-state index >= 15 is 0 Å². The van der Waals surface area contributed by atoms with Crippen LogP contribution < -0.4 is 0 Å². The molecule has 0 heterocycles. The van der Waals surface area contributed by atoms with Crippen LogP contribution in [0.3, 0.4) is 0 Å². The van der Waals surface area contributed by atoms with Crippen LogP contribution in [0.15, 0.2) is 103 Å². The first-order chi connectivity index (χ1) is 17.3. The van der Waals surface area contributed by atoms with Crippen LogP contribution in [0.5, 0.6) is 0 Å². The fourth-order valence-electron chi connectivity index (χ4n) is 6.39. The van der Waals surface area contributed by atoms with Crippen molar-refractivity contribution in [3.8, 4) is 22.3 Å². The highest BCUT2D eigenvalue weighted by Gasteiger charge is 2.21. The molecule has 0 nitrogen and oxygen atoms in total. The number of fused-ring (bicyclic) bond motifs is 4. The van der Waals surface area contributed by atoms with Gasteiger partial charge in [0, 0.05) is 0 Å². The zero-order chi connectivity index (χ0) is 23.4. The second-order valence-electron chi connectivity index (χ2n) is 9.97. The fourth-order valence-corrected chi connectivity index (χ4v) is 6.39.